The van der Waals surface area contributed by atoms with Gasteiger partial charge in [0.2, 0.25) is 17.6 Å². The second-order valence-corrected chi connectivity index (χ2v) is 10.2. The van der Waals surface area contributed by atoms with Gasteiger partial charge in [0.1, 0.15) is 0 Å². The van der Waals surface area contributed by atoms with Gasteiger partial charge in [0.25, 0.3) is 5.91 Å². The summed E-state index contributed by atoms with van der Waals surface area (Å²) in [4.78, 5) is 33.0. The van der Waals surface area contributed by atoms with Crippen molar-refractivity contribution in [3.63, 3.8) is 0 Å². The van der Waals surface area contributed by atoms with Crippen molar-refractivity contribution in [3.8, 4) is 22.9 Å². The Morgan fingerprint density at radius 2 is 1.79 bits per heavy atom. The first-order chi connectivity index (χ1) is 20.5. The van der Waals surface area contributed by atoms with E-state index in [0.29, 0.717) is 60.5 Å². The molecule has 0 saturated carbocycles. The minimum Gasteiger partial charge on any atom is -0.493 e. The summed E-state index contributed by atoms with van der Waals surface area (Å²) in [6, 6.07) is 22.4. The van der Waals surface area contributed by atoms with E-state index in [9.17, 15) is 9.59 Å². The van der Waals surface area contributed by atoms with Gasteiger partial charge < -0.3 is 24.6 Å². The van der Waals surface area contributed by atoms with Crippen LogP contribution in [0.4, 0.5) is 5.69 Å². The smallest absolute Gasteiger partial charge is 0.253 e. The lowest BCUT2D eigenvalue weighted by atomic mass is 9.96. The van der Waals surface area contributed by atoms with Crippen LogP contribution in [0.5, 0.6) is 11.5 Å². The van der Waals surface area contributed by atoms with Crippen LogP contribution in [-0.4, -0.2) is 60.7 Å². The van der Waals surface area contributed by atoms with Gasteiger partial charge in [0, 0.05) is 18.7 Å². The van der Waals surface area contributed by atoms with Crippen molar-refractivity contribution < 1.29 is 23.6 Å². The van der Waals surface area contributed by atoms with Crippen LogP contribution in [-0.2, 0) is 17.8 Å². The molecule has 5 rings (SSSR count). The van der Waals surface area contributed by atoms with Crippen LogP contribution in [0, 0.1) is 5.92 Å². The molecule has 1 saturated heterocycles. The molecule has 4 aromatic rings. The number of hydrogen-bond donors (Lipinski definition) is 2. The number of carbonyl (C=O) groups excluding carboxylic acids is 2. The third-order valence-electron chi connectivity index (χ3n) is 7.31. The summed E-state index contributed by atoms with van der Waals surface area (Å²) in [5.41, 5.74) is 2.82. The number of para-hydroxylation sites is 1. The molecule has 10 heteroatoms. The van der Waals surface area contributed by atoms with Gasteiger partial charge in [-0.05, 0) is 55.6 Å². The van der Waals surface area contributed by atoms with E-state index in [1.54, 1.807) is 32.4 Å². The Balaban J connectivity index is 1.15. The highest BCUT2D eigenvalue weighted by Crippen LogP contribution is 2.28. The molecule has 1 unspecified atom stereocenters. The molecule has 2 amide bonds. The monoisotopic (exact) mass is 569 g/mol. The number of nitrogens with one attached hydrogen (secondary N) is 2. The molecule has 0 spiro atoms. The lowest BCUT2D eigenvalue weighted by molar-refractivity contribution is -0.121. The average molecular weight is 570 g/mol. The third kappa shape index (κ3) is 7.13. The van der Waals surface area contributed by atoms with Crippen LogP contribution in [0.3, 0.4) is 0 Å². The molecule has 0 aliphatic carbocycles. The number of rotatable bonds is 11. The Morgan fingerprint density at radius 1 is 1.00 bits per heavy atom. The van der Waals surface area contributed by atoms with Crippen LogP contribution in [0.2, 0.25) is 0 Å². The zero-order valence-electron chi connectivity index (χ0n) is 23.8. The Morgan fingerprint density at radius 3 is 2.60 bits per heavy atom. The predicted molar refractivity (Wildman–Crippen MR) is 158 cm³/mol. The summed E-state index contributed by atoms with van der Waals surface area (Å²) >= 11 is 0. The number of methoxy groups -OCH3 is 2. The number of piperidine rings is 1. The van der Waals surface area contributed by atoms with Gasteiger partial charge in [-0.25, -0.2) is 0 Å². The number of amides is 2. The Labute approximate surface area is 245 Å². The molecule has 1 atom stereocenters. The number of ether oxygens (including phenoxy) is 2. The highest BCUT2D eigenvalue weighted by Gasteiger charge is 2.28. The maximum Gasteiger partial charge on any atom is 0.253 e. The van der Waals surface area contributed by atoms with Gasteiger partial charge in [-0.3, -0.25) is 14.5 Å². The van der Waals surface area contributed by atoms with E-state index in [2.05, 4.69) is 25.7 Å². The van der Waals surface area contributed by atoms with Crippen molar-refractivity contribution in [3.05, 3.63) is 89.8 Å². The molecular formula is C32H35N5O5. The Kier molecular flexibility index (Phi) is 9.45. The standard InChI is InChI=1S/C32H35N5O5/c1-40-27-15-14-22(19-28(27)41-2)16-17-33-32(39)25-12-6-7-13-26(25)34-31(38)24-11-8-18-37(20-24)21-29-35-30(36-42-29)23-9-4-3-5-10-23/h3-7,9-10,12-15,19,24H,8,11,16-18,20-21H2,1-2H3,(H,33,39)(H,34,38). The molecule has 2 N–H and O–H groups in total. The predicted octanol–water partition coefficient (Wildman–Crippen LogP) is 4.58. The number of hydrogen-bond acceptors (Lipinski definition) is 8. The number of benzene rings is 3. The van der Waals surface area contributed by atoms with Crippen LogP contribution >= 0.6 is 0 Å². The Bertz CT molecular complexity index is 1510. The SMILES string of the molecule is COc1ccc(CCNC(=O)c2ccccc2NC(=O)C2CCCN(Cc3nc(-c4ccccc4)no3)C2)cc1OC. The number of anilines is 1. The zero-order valence-corrected chi connectivity index (χ0v) is 23.8. The summed E-state index contributed by atoms with van der Waals surface area (Å²) < 4.78 is 16.1. The second kappa shape index (κ2) is 13.8. The summed E-state index contributed by atoms with van der Waals surface area (Å²) in [6.45, 7) is 2.30. The van der Waals surface area contributed by atoms with Crippen molar-refractivity contribution in [2.75, 3.05) is 39.2 Å². The average Bonchev–Trinajstić information content (AvgIpc) is 3.50. The lowest BCUT2D eigenvalue weighted by Gasteiger charge is -2.31. The minimum atomic E-state index is -0.248. The molecule has 218 valence electrons. The number of likely N-dealkylation sites (tertiary alicyclic amines) is 1. The van der Waals surface area contributed by atoms with E-state index in [-0.39, 0.29) is 17.7 Å². The van der Waals surface area contributed by atoms with E-state index < -0.39 is 0 Å². The molecular weight excluding hydrogens is 534 g/mol. The first-order valence-corrected chi connectivity index (χ1v) is 14.0. The van der Waals surface area contributed by atoms with Gasteiger partial charge in [-0.1, -0.05) is 53.7 Å². The van der Waals surface area contributed by atoms with Crippen LogP contribution in [0.1, 0.15) is 34.7 Å². The van der Waals surface area contributed by atoms with Crippen LogP contribution in [0.15, 0.2) is 77.3 Å². The molecule has 1 fully saturated rings. The normalized spacial score (nSPS) is 15.1. The van der Waals surface area contributed by atoms with E-state index >= 15 is 0 Å². The fourth-order valence-corrected chi connectivity index (χ4v) is 5.10. The van der Waals surface area contributed by atoms with Gasteiger partial charge in [0.15, 0.2) is 11.5 Å². The molecule has 2 heterocycles. The number of nitrogens with zero attached hydrogens (tertiary/aromatic N) is 3. The maximum atomic E-state index is 13.3. The maximum absolute atomic E-state index is 13.3. The topological polar surface area (TPSA) is 119 Å². The van der Waals surface area contributed by atoms with Crippen molar-refractivity contribution in [1.82, 2.24) is 20.4 Å². The first kappa shape index (κ1) is 28.8. The van der Waals surface area contributed by atoms with E-state index in [1.165, 1.54) is 0 Å². The summed E-state index contributed by atoms with van der Waals surface area (Å²) in [5, 5.41) is 10.1. The summed E-state index contributed by atoms with van der Waals surface area (Å²) in [5.74, 6) is 1.78. The van der Waals surface area contributed by atoms with Gasteiger partial charge in [-0.15, -0.1) is 0 Å². The molecule has 1 aliphatic heterocycles. The van der Waals surface area contributed by atoms with Crippen molar-refractivity contribution in [2.45, 2.75) is 25.8 Å². The fourth-order valence-electron chi connectivity index (χ4n) is 5.10. The highest BCUT2D eigenvalue weighted by atomic mass is 16.5. The van der Waals surface area contributed by atoms with Crippen molar-refractivity contribution in [2.24, 2.45) is 5.92 Å². The molecule has 10 nitrogen and oxygen atoms in total. The lowest BCUT2D eigenvalue weighted by Crippen LogP contribution is -2.40. The first-order valence-electron chi connectivity index (χ1n) is 14.0. The van der Waals surface area contributed by atoms with Gasteiger partial charge in [0.05, 0.1) is 37.9 Å². The molecule has 3 aromatic carbocycles. The third-order valence-corrected chi connectivity index (χ3v) is 7.31. The largest absolute Gasteiger partial charge is 0.493 e. The van der Waals surface area contributed by atoms with Crippen LogP contribution in [0.25, 0.3) is 11.4 Å². The molecule has 0 radical (unpaired) electrons. The van der Waals surface area contributed by atoms with Gasteiger partial charge >= 0.3 is 0 Å². The summed E-state index contributed by atoms with van der Waals surface area (Å²) in [6.07, 6.45) is 2.25. The van der Waals surface area contributed by atoms with Crippen molar-refractivity contribution in [1.29, 1.82) is 0 Å². The number of carbonyl (C=O) groups is 2. The molecule has 1 aromatic heterocycles. The zero-order chi connectivity index (χ0) is 29.3. The molecule has 42 heavy (non-hydrogen) atoms. The van der Waals surface area contributed by atoms with Crippen LogP contribution < -0.4 is 20.1 Å². The highest BCUT2D eigenvalue weighted by molar-refractivity contribution is 6.04. The summed E-state index contributed by atoms with van der Waals surface area (Å²) in [7, 11) is 3.19. The fraction of sp³-hybridized carbons (Fsp3) is 0.312. The van der Waals surface area contributed by atoms with E-state index in [1.807, 2.05) is 54.6 Å². The quantitative estimate of drug-likeness (QED) is 0.270. The minimum absolute atomic E-state index is 0.110. The number of aromatic nitrogens is 2. The van der Waals surface area contributed by atoms with Crippen molar-refractivity contribution >= 4 is 17.5 Å². The van der Waals surface area contributed by atoms with E-state index in [4.69, 9.17) is 14.0 Å². The molecule has 0 bridgehead atoms. The Hall–Kier alpha value is -4.70. The molecule has 1 aliphatic rings. The van der Waals surface area contributed by atoms with Gasteiger partial charge in [-0.2, -0.15) is 4.98 Å². The van der Waals surface area contributed by atoms with E-state index in [0.717, 1.165) is 30.5 Å². The second-order valence-electron chi connectivity index (χ2n) is 10.2.